The Morgan fingerprint density at radius 1 is 1.56 bits per heavy atom. The minimum Gasteiger partial charge on any atom is -0.369 e. The van der Waals surface area contributed by atoms with Crippen LogP contribution in [0.5, 0.6) is 0 Å². The molecule has 1 aromatic rings. The van der Waals surface area contributed by atoms with E-state index in [9.17, 15) is 4.79 Å². The highest BCUT2D eigenvalue weighted by atomic mass is 32.1. The summed E-state index contributed by atoms with van der Waals surface area (Å²) >= 11 is 1.70. The first-order valence-corrected chi connectivity index (χ1v) is 7.09. The van der Waals surface area contributed by atoms with E-state index in [1.54, 1.807) is 18.4 Å². The molecule has 0 radical (unpaired) electrons. The van der Waals surface area contributed by atoms with Crippen LogP contribution < -0.4 is 11.2 Å². The van der Waals surface area contributed by atoms with Crippen LogP contribution in [0.2, 0.25) is 12.6 Å². The number of amides is 1. The molecule has 94 valence electrons. The second kappa shape index (κ2) is 3.85. The molecule has 0 aliphatic carbocycles. The van der Waals surface area contributed by atoms with Crippen molar-refractivity contribution >= 4 is 35.4 Å². The second-order valence-corrected chi connectivity index (χ2v) is 6.27. The zero-order valence-corrected chi connectivity index (χ0v) is 11.5. The van der Waals surface area contributed by atoms with E-state index in [2.05, 4.69) is 16.4 Å². The number of guanidine groups is 1. The van der Waals surface area contributed by atoms with Crippen molar-refractivity contribution in [3.8, 4) is 0 Å². The van der Waals surface area contributed by atoms with Gasteiger partial charge in [0.2, 0.25) is 5.91 Å². The maximum atomic E-state index is 12.0. The first-order chi connectivity index (χ1) is 8.51. The number of hydrogen-bond donors (Lipinski definition) is 1. The zero-order valence-electron chi connectivity index (χ0n) is 10.6. The third-order valence-corrected chi connectivity index (χ3v) is 4.96. The van der Waals surface area contributed by atoms with E-state index in [4.69, 9.17) is 5.73 Å². The van der Waals surface area contributed by atoms with Gasteiger partial charge in [0.25, 0.3) is 0 Å². The summed E-state index contributed by atoms with van der Waals surface area (Å²) in [5, 5.41) is 2.10. The van der Waals surface area contributed by atoms with Gasteiger partial charge in [-0.1, -0.05) is 24.2 Å². The molecule has 0 bridgehead atoms. The van der Waals surface area contributed by atoms with Gasteiger partial charge >= 0.3 is 0 Å². The fraction of sp³-hybridized carbons (Fsp3) is 0.500. The standard InChI is InChI=1S/C12H16BN3OS/c1-12(7-9(17)16(2)11(14)15-12)10-8(3-6-18-10)13-4-5-13/h3,6H,4-5,7H2,1-2H3,(H2,14,15)/t12-/m0/s1. The lowest BCUT2D eigenvalue weighted by Crippen LogP contribution is -2.48. The van der Waals surface area contributed by atoms with Crippen LogP contribution >= 0.6 is 11.3 Å². The number of nitrogens with zero attached hydrogens (tertiary/aromatic N) is 2. The number of aliphatic imine (C=N–C) groups is 1. The summed E-state index contributed by atoms with van der Waals surface area (Å²) in [6, 6.07) is 2.18. The molecule has 2 aliphatic rings. The smallest absolute Gasteiger partial charge is 0.231 e. The van der Waals surface area contributed by atoms with Crippen molar-refractivity contribution in [2.24, 2.45) is 10.7 Å². The van der Waals surface area contributed by atoms with E-state index < -0.39 is 5.54 Å². The van der Waals surface area contributed by atoms with Gasteiger partial charge in [0.05, 0.1) is 6.42 Å². The van der Waals surface area contributed by atoms with E-state index >= 15 is 0 Å². The fourth-order valence-corrected chi connectivity index (χ4v) is 3.61. The van der Waals surface area contributed by atoms with Crippen molar-refractivity contribution in [3.05, 3.63) is 16.3 Å². The molecular formula is C12H16BN3OS. The molecule has 0 aromatic carbocycles. The third-order valence-electron chi connectivity index (χ3n) is 3.78. The largest absolute Gasteiger partial charge is 0.369 e. The predicted molar refractivity (Wildman–Crippen MR) is 75.7 cm³/mol. The van der Waals surface area contributed by atoms with Crippen LogP contribution in [0.15, 0.2) is 16.4 Å². The van der Waals surface area contributed by atoms with Crippen LogP contribution in [-0.2, 0) is 10.3 Å². The van der Waals surface area contributed by atoms with Crippen LogP contribution in [0.25, 0.3) is 0 Å². The van der Waals surface area contributed by atoms with Crippen molar-refractivity contribution in [2.45, 2.75) is 31.5 Å². The lowest BCUT2D eigenvalue weighted by atomic mass is 9.62. The Balaban J connectivity index is 2.04. The maximum absolute atomic E-state index is 12.0. The molecule has 18 heavy (non-hydrogen) atoms. The van der Waals surface area contributed by atoms with Crippen LogP contribution in [0, 0.1) is 0 Å². The highest BCUT2D eigenvalue weighted by Gasteiger charge is 2.41. The van der Waals surface area contributed by atoms with Gasteiger partial charge in [-0.2, -0.15) is 0 Å². The van der Waals surface area contributed by atoms with Crippen LogP contribution in [0.1, 0.15) is 18.2 Å². The Morgan fingerprint density at radius 2 is 2.28 bits per heavy atom. The average molecular weight is 261 g/mol. The Bertz CT molecular complexity index is 537. The number of carbonyl (C=O) groups is 1. The van der Waals surface area contributed by atoms with Gasteiger partial charge in [-0.15, -0.1) is 11.3 Å². The van der Waals surface area contributed by atoms with Gasteiger partial charge in [0.1, 0.15) is 5.54 Å². The van der Waals surface area contributed by atoms with Crippen molar-refractivity contribution < 1.29 is 4.79 Å². The Morgan fingerprint density at radius 3 is 2.89 bits per heavy atom. The summed E-state index contributed by atoms with van der Waals surface area (Å²) in [4.78, 5) is 19.2. The SMILES string of the molecule is CN1C(=O)C[C@@](C)(c2sccc2B2CC2)N=C1N. The first-order valence-electron chi connectivity index (χ1n) is 6.21. The van der Waals surface area contributed by atoms with E-state index in [0.717, 1.165) is 0 Å². The number of nitrogens with two attached hydrogens (primary N) is 1. The molecule has 1 atom stereocenters. The minimum absolute atomic E-state index is 0.0418. The molecule has 1 saturated heterocycles. The van der Waals surface area contributed by atoms with Crippen molar-refractivity contribution in [1.29, 1.82) is 0 Å². The summed E-state index contributed by atoms with van der Waals surface area (Å²) in [5.74, 6) is 0.365. The average Bonchev–Trinajstić information content (AvgIpc) is 3.03. The van der Waals surface area contributed by atoms with Gasteiger partial charge in [-0.3, -0.25) is 9.69 Å². The van der Waals surface area contributed by atoms with Gasteiger partial charge < -0.3 is 5.73 Å². The first kappa shape index (κ1) is 11.8. The van der Waals surface area contributed by atoms with Gasteiger partial charge in [-0.25, -0.2) is 4.99 Å². The summed E-state index contributed by atoms with van der Waals surface area (Å²) in [5.41, 5.74) is 6.75. The van der Waals surface area contributed by atoms with Gasteiger partial charge in [-0.05, 0) is 12.3 Å². The summed E-state index contributed by atoms with van der Waals surface area (Å²) in [6.07, 6.45) is 2.92. The molecule has 0 saturated carbocycles. The van der Waals surface area contributed by atoms with E-state index in [0.29, 0.717) is 19.1 Å². The van der Waals surface area contributed by atoms with E-state index in [1.807, 2.05) is 6.92 Å². The zero-order chi connectivity index (χ0) is 12.9. The molecule has 4 nitrogen and oxygen atoms in total. The molecule has 3 heterocycles. The minimum atomic E-state index is -0.472. The summed E-state index contributed by atoms with van der Waals surface area (Å²) in [6.45, 7) is 2.69. The van der Waals surface area contributed by atoms with Crippen LogP contribution in [0.4, 0.5) is 0 Å². The number of thiophene rings is 1. The van der Waals surface area contributed by atoms with E-state index in [-0.39, 0.29) is 5.91 Å². The second-order valence-electron chi connectivity index (χ2n) is 5.35. The predicted octanol–water partition coefficient (Wildman–Crippen LogP) is 0.855. The molecule has 2 N–H and O–H groups in total. The topological polar surface area (TPSA) is 58.7 Å². The quantitative estimate of drug-likeness (QED) is 0.802. The van der Waals surface area contributed by atoms with Gasteiger partial charge in [0.15, 0.2) is 12.7 Å². The van der Waals surface area contributed by atoms with Crippen LogP contribution in [-0.4, -0.2) is 30.5 Å². The number of hydrogen-bond acceptors (Lipinski definition) is 4. The van der Waals surface area contributed by atoms with Crippen LogP contribution in [0.3, 0.4) is 0 Å². The maximum Gasteiger partial charge on any atom is 0.231 e. The normalized spacial score (nSPS) is 27.4. The van der Waals surface area contributed by atoms with Crippen molar-refractivity contribution in [1.82, 2.24) is 4.90 Å². The van der Waals surface area contributed by atoms with Crippen molar-refractivity contribution in [3.63, 3.8) is 0 Å². The highest BCUT2D eigenvalue weighted by Crippen LogP contribution is 2.37. The lowest BCUT2D eigenvalue weighted by Gasteiger charge is -2.33. The number of rotatable bonds is 2. The monoisotopic (exact) mass is 261 g/mol. The Kier molecular flexibility index (Phi) is 2.52. The molecule has 0 unspecified atom stereocenters. The molecule has 3 rings (SSSR count). The van der Waals surface area contributed by atoms with Crippen molar-refractivity contribution in [2.75, 3.05) is 7.05 Å². The highest BCUT2D eigenvalue weighted by molar-refractivity contribution is 7.12. The Labute approximate surface area is 111 Å². The molecule has 1 amide bonds. The van der Waals surface area contributed by atoms with Gasteiger partial charge in [0, 0.05) is 11.9 Å². The molecule has 6 heteroatoms. The lowest BCUT2D eigenvalue weighted by molar-refractivity contribution is -0.128. The molecule has 2 aliphatic heterocycles. The summed E-state index contributed by atoms with van der Waals surface area (Å²) in [7, 11) is 1.68. The number of carbonyl (C=O) groups excluding carboxylic acids is 1. The third kappa shape index (κ3) is 1.75. The summed E-state index contributed by atoms with van der Waals surface area (Å²) < 4.78 is 0. The molecule has 1 fully saturated rings. The Hall–Kier alpha value is -1.30. The fourth-order valence-electron chi connectivity index (χ4n) is 2.51. The molecule has 0 spiro atoms. The molecular weight excluding hydrogens is 245 g/mol. The van der Waals surface area contributed by atoms with E-state index in [1.165, 1.54) is 27.9 Å². The molecule has 1 aromatic heterocycles.